The van der Waals surface area contributed by atoms with Crippen molar-refractivity contribution in [3.63, 3.8) is 0 Å². The number of aromatic amines is 1. The van der Waals surface area contributed by atoms with E-state index in [0.717, 1.165) is 4.52 Å². The molecule has 28 heavy (non-hydrogen) atoms. The number of hydrogen-bond donors (Lipinski definition) is 2. The van der Waals surface area contributed by atoms with Crippen molar-refractivity contribution in [2.75, 3.05) is 13.9 Å². The van der Waals surface area contributed by atoms with Gasteiger partial charge in [-0.3, -0.25) is 9.78 Å². The fourth-order valence-electron chi connectivity index (χ4n) is 3.28. The van der Waals surface area contributed by atoms with Crippen LogP contribution in [0.5, 0.6) is 23.1 Å². The molecule has 9 nitrogen and oxygen atoms in total. The zero-order valence-electron chi connectivity index (χ0n) is 14.7. The van der Waals surface area contributed by atoms with Gasteiger partial charge in [-0.1, -0.05) is 6.07 Å². The quantitative estimate of drug-likeness (QED) is 0.562. The van der Waals surface area contributed by atoms with Crippen molar-refractivity contribution in [2.24, 2.45) is 0 Å². The summed E-state index contributed by atoms with van der Waals surface area (Å²) in [6, 6.07) is 10.2. The van der Waals surface area contributed by atoms with Gasteiger partial charge in [0, 0.05) is 17.8 Å². The fourth-order valence-corrected chi connectivity index (χ4v) is 3.28. The number of rotatable bonds is 3. The van der Waals surface area contributed by atoms with Crippen molar-refractivity contribution in [2.45, 2.75) is 0 Å². The number of nitrogens with zero attached hydrogens (tertiary/aromatic N) is 3. The Balaban J connectivity index is 1.78. The van der Waals surface area contributed by atoms with E-state index in [9.17, 15) is 9.90 Å². The maximum absolute atomic E-state index is 12.7. The standard InChI is InChI=1S/C19H14N4O5/c1-26-16-10(5-6-13-17(16)28-9-27-13)12-8-14(24)23-18(21-12)15(19(25)22-23)11-4-2-3-7-20-11/h2-8,21H,9H2,1H3,(H,22,25). The van der Waals surface area contributed by atoms with Gasteiger partial charge in [-0.05, 0) is 24.3 Å². The van der Waals surface area contributed by atoms with Crippen LogP contribution >= 0.6 is 0 Å². The van der Waals surface area contributed by atoms with Crippen molar-refractivity contribution in [1.29, 1.82) is 0 Å². The van der Waals surface area contributed by atoms with Crippen LogP contribution < -0.4 is 19.8 Å². The average Bonchev–Trinajstić information content (AvgIpc) is 3.31. The van der Waals surface area contributed by atoms with Crippen molar-refractivity contribution < 1.29 is 19.3 Å². The van der Waals surface area contributed by atoms with E-state index < -0.39 is 5.56 Å². The summed E-state index contributed by atoms with van der Waals surface area (Å²) in [5.41, 5.74) is 1.81. The third kappa shape index (κ3) is 2.29. The van der Waals surface area contributed by atoms with Gasteiger partial charge in [0.15, 0.2) is 17.1 Å². The molecule has 0 fully saturated rings. The Morgan fingerprint density at radius 1 is 1.25 bits per heavy atom. The molecule has 1 aliphatic heterocycles. The summed E-state index contributed by atoms with van der Waals surface area (Å²) in [6.07, 6.45) is 1.60. The summed E-state index contributed by atoms with van der Waals surface area (Å²) in [5, 5.41) is 14.2. The molecule has 9 heteroatoms. The lowest BCUT2D eigenvalue weighted by atomic mass is 10.1. The number of pyridine rings is 1. The molecule has 0 atom stereocenters. The van der Waals surface area contributed by atoms with Crippen LogP contribution in [-0.4, -0.2) is 38.6 Å². The van der Waals surface area contributed by atoms with Crippen LogP contribution in [0.4, 0.5) is 0 Å². The molecule has 0 saturated carbocycles. The van der Waals surface area contributed by atoms with E-state index in [2.05, 4.69) is 15.1 Å². The lowest BCUT2D eigenvalue weighted by Crippen LogP contribution is -2.14. The number of H-pyrrole nitrogens is 1. The number of hydrogen-bond acceptors (Lipinski definition) is 7. The first-order valence-electron chi connectivity index (χ1n) is 8.41. The second kappa shape index (κ2) is 6.02. The van der Waals surface area contributed by atoms with E-state index >= 15 is 0 Å². The molecule has 3 aromatic heterocycles. The highest BCUT2D eigenvalue weighted by molar-refractivity contribution is 5.82. The molecule has 0 spiro atoms. The lowest BCUT2D eigenvalue weighted by Gasteiger charge is -2.11. The molecular formula is C19H14N4O5. The van der Waals surface area contributed by atoms with E-state index in [0.29, 0.717) is 45.4 Å². The van der Waals surface area contributed by atoms with E-state index in [1.165, 1.54) is 13.2 Å². The van der Waals surface area contributed by atoms with Crippen molar-refractivity contribution in [1.82, 2.24) is 19.6 Å². The molecule has 0 bridgehead atoms. The first-order chi connectivity index (χ1) is 13.7. The Kier molecular flexibility index (Phi) is 3.48. The van der Waals surface area contributed by atoms with Gasteiger partial charge in [0.2, 0.25) is 18.4 Å². The summed E-state index contributed by atoms with van der Waals surface area (Å²) in [5.74, 6) is 1.20. The number of nitrogens with one attached hydrogen (secondary N) is 1. The number of ether oxygens (including phenoxy) is 3. The van der Waals surface area contributed by atoms with Gasteiger partial charge < -0.3 is 24.3 Å². The third-order valence-electron chi connectivity index (χ3n) is 4.51. The fraction of sp³-hybridized carbons (Fsp3) is 0.105. The Morgan fingerprint density at radius 2 is 2.14 bits per heavy atom. The first kappa shape index (κ1) is 16.2. The van der Waals surface area contributed by atoms with Crippen LogP contribution in [0.15, 0.2) is 47.4 Å². The highest BCUT2D eigenvalue weighted by Crippen LogP contribution is 2.46. The Morgan fingerprint density at radius 3 is 2.93 bits per heavy atom. The van der Waals surface area contributed by atoms with Crippen LogP contribution in [0.3, 0.4) is 0 Å². The van der Waals surface area contributed by atoms with Crippen LogP contribution in [0.1, 0.15) is 0 Å². The first-order valence-corrected chi connectivity index (χ1v) is 8.41. The zero-order valence-corrected chi connectivity index (χ0v) is 14.7. The van der Waals surface area contributed by atoms with Gasteiger partial charge in [-0.15, -0.1) is 5.10 Å². The molecular weight excluding hydrogens is 364 g/mol. The predicted octanol–water partition coefficient (Wildman–Crippen LogP) is 2.19. The number of benzene rings is 1. The normalized spacial score (nSPS) is 12.5. The topological polar surface area (TPSA) is 111 Å². The Hall–Kier alpha value is -4.01. The number of methoxy groups -OCH3 is 1. The molecule has 1 aliphatic rings. The van der Waals surface area contributed by atoms with E-state index in [1.54, 1.807) is 36.5 Å². The zero-order chi connectivity index (χ0) is 19.3. The molecule has 5 rings (SSSR count). The number of fused-ring (bicyclic) bond motifs is 2. The molecule has 140 valence electrons. The summed E-state index contributed by atoms with van der Waals surface area (Å²) in [4.78, 5) is 20.1. The van der Waals surface area contributed by atoms with Crippen molar-refractivity contribution in [3.8, 4) is 45.6 Å². The predicted molar refractivity (Wildman–Crippen MR) is 98.8 cm³/mol. The van der Waals surface area contributed by atoms with Crippen LogP contribution in [0.2, 0.25) is 0 Å². The Labute approximate surface area is 157 Å². The summed E-state index contributed by atoms with van der Waals surface area (Å²) < 4.78 is 17.5. The molecule has 0 radical (unpaired) electrons. The molecule has 4 aromatic rings. The second-order valence-corrected chi connectivity index (χ2v) is 6.08. The minimum absolute atomic E-state index is 0.102. The highest BCUT2D eigenvalue weighted by atomic mass is 16.7. The van der Waals surface area contributed by atoms with Crippen LogP contribution in [0.25, 0.3) is 28.2 Å². The number of aromatic nitrogens is 4. The molecule has 4 heterocycles. The van der Waals surface area contributed by atoms with E-state index in [4.69, 9.17) is 14.2 Å². The van der Waals surface area contributed by atoms with Crippen LogP contribution in [0, 0.1) is 0 Å². The molecule has 0 aliphatic carbocycles. The monoisotopic (exact) mass is 378 g/mol. The minimum atomic E-state index is -0.416. The van der Waals surface area contributed by atoms with Crippen molar-refractivity contribution in [3.05, 3.63) is 52.9 Å². The third-order valence-corrected chi connectivity index (χ3v) is 4.51. The minimum Gasteiger partial charge on any atom is -0.492 e. The largest absolute Gasteiger partial charge is 0.492 e. The Bertz CT molecular complexity index is 1260. The smallest absolute Gasteiger partial charge is 0.275 e. The van der Waals surface area contributed by atoms with Gasteiger partial charge in [-0.2, -0.15) is 4.52 Å². The summed E-state index contributed by atoms with van der Waals surface area (Å²) >= 11 is 0. The summed E-state index contributed by atoms with van der Waals surface area (Å²) in [7, 11) is 1.52. The highest BCUT2D eigenvalue weighted by Gasteiger charge is 2.24. The van der Waals surface area contributed by atoms with Gasteiger partial charge in [0.25, 0.3) is 5.56 Å². The molecule has 1 aromatic carbocycles. The molecule has 0 saturated heterocycles. The van der Waals surface area contributed by atoms with Crippen molar-refractivity contribution >= 4 is 5.65 Å². The van der Waals surface area contributed by atoms with E-state index in [1.807, 2.05) is 0 Å². The van der Waals surface area contributed by atoms with Gasteiger partial charge in [0.1, 0.15) is 5.56 Å². The maximum Gasteiger partial charge on any atom is 0.275 e. The lowest BCUT2D eigenvalue weighted by molar-refractivity contribution is 0.171. The SMILES string of the molecule is COc1c(-c2cc(=O)n3nc(O)c(-c4ccccn4)c3[nH]2)ccc2c1OCO2. The molecule has 0 amide bonds. The summed E-state index contributed by atoms with van der Waals surface area (Å²) in [6.45, 7) is 0.102. The molecule has 2 N–H and O–H groups in total. The van der Waals surface area contributed by atoms with Gasteiger partial charge in [-0.25, -0.2) is 0 Å². The van der Waals surface area contributed by atoms with Crippen LogP contribution in [-0.2, 0) is 0 Å². The average molecular weight is 378 g/mol. The number of aromatic hydroxyl groups is 1. The van der Waals surface area contributed by atoms with Gasteiger partial charge >= 0.3 is 0 Å². The maximum atomic E-state index is 12.7. The molecule has 0 unspecified atom stereocenters. The van der Waals surface area contributed by atoms with Gasteiger partial charge in [0.05, 0.1) is 18.5 Å². The second-order valence-electron chi connectivity index (χ2n) is 6.08. The van der Waals surface area contributed by atoms with E-state index in [-0.39, 0.29) is 12.7 Å².